The van der Waals surface area contributed by atoms with Crippen LogP contribution in [0.5, 0.6) is 0 Å². The van der Waals surface area contributed by atoms with Crippen LogP contribution in [0.2, 0.25) is 0 Å². The molecule has 0 aromatic rings. The monoisotopic (exact) mass is 168 g/mol. The number of methoxy groups -OCH3 is 1. The van der Waals surface area contributed by atoms with Crippen LogP contribution in [0.15, 0.2) is 0 Å². The molecule has 1 N–H and O–H groups in total. The summed E-state index contributed by atoms with van der Waals surface area (Å²) >= 11 is 5.35. The van der Waals surface area contributed by atoms with E-state index < -0.39 is 6.16 Å². The smallest absolute Gasteiger partial charge is 0.450 e. The van der Waals surface area contributed by atoms with Crippen molar-refractivity contribution in [2.75, 3.05) is 19.6 Å². The van der Waals surface area contributed by atoms with Crippen LogP contribution in [-0.4, -0.2) is 37.0 Å². The Morgan fingerprint density at radius 3 is 2.70 bits per heavy atom. The molecule has 10 heavy (non-hydrogen) atoms. The van der Waals surface area contributed by atoms with Crippen LogP contribution in [-0.2, 0) is 9.47 Å². The van der Waals surface area contributed by atoms with Crippen molar-refractivity contribution in [1.29, 1.82) is 0 Å². The number of hydrogen-bond acceptors (Lipinski definition) is 3. The number of carbonyl (C=O) groups is 1. The summed E-state index contributed by atoms with van der Waals surface area (Å²) in [5.74, 6) is 0.226. The quantitative estimate of drug-likeness (QED) is 0.501. The van der Waals surface area contributed by atoms with Gasteiger partial charge in [-0.3, -0.25) is 0 Å². The summed E-state index contributed by atoms with van der Waals surface area (Å²) in [6, 6.07) is 0. The minimum Gasteiger partial charge on any atom is -0.450 e. The van der Waals surface area contributed by atoms with E-state index in [0.717, 1.165) is 0 Å². The third-order valence-corrected chi connectivity index (χ3v) is 1.24. The molecule has 60 valence electrons. The first-order chi connectivity index (χ1) is 4.70. The van der Waals surface area contributed by atoms with Crippen LogP contribution in [0.4, 0.5) is 4.79 Å². The van der Waals surface area contributed by atoms with Crippen molar-refractivity contribution in [3.05, 3.63) is 0 Å². The second-order valence-electron chi connectivity index (χ2n) is 1.59. The van der Waals surface area contributed by atoms with Gasteiger partial charge in [0.15, 0.2) is 0 Å². The van der Waals surface area contributed by atoms with E-state index in [1.165, 1.54) is 7.11 Å². The zero-order chi connectivity index (χ0) is 7.98. The van der Waals surface area contributed by atoms with Gasteiger partial charge in [0.1, 0.15) is 12.7 Å². The normalized spacial score (nSPS) is 12.6. The van der Waals surface area contributed by atoms with Crippen molar-refractivity contribution < 1.29 is 19.4 Å². The Bertz CT molecular complexity index is 102. The Morgan fingerprint density at radius 1 is 1.80 bits per heavy atom. The fourth-order valence-corrected chi connectivity index (χ4v) is 0.555. The number of ether oxygens (including phenoxy) is 2. The molecule has 1 atom stereocenters. The van der Waals surface area contributed by atoms with Gasteiger partial charge in [-0.15, -0.1) is 11.6 Å². The largest absolute Gasteiger partial charge is 0.505 e. The number of halogens is 1. The van der Waals surface area contributed by atoms with Gasteiger partial charge in [0, 0.05) is 7.11 Å². The second kappa shape index (κ2) is 5.32. The summed E-state index contributed by atoms with van der Waals surface area (Å²) in [4.78, 5) is 9.81. The maximum atomic E-state index is 9.81. The predicted molar refractivity (Wildman–Crippen MR) is 35.5 cm³/mol. The van der Waals surface area contributed by atoms with Gasteiger partial charge < -0.3 is 14.6 Å². The Labute approximate surface area is 63.7 Å². The summed E-state index contributed by atoms with van der Waals surface area (Å²) in [5.41, 5.74) is 0. The van der Waals surface area contributed by atoms with E-state index >= 15 is 0 Å². The lowest BCUT2D eigenvalue weighted by atomic mass is 10.4. The van der Waals surface area contributed by atoms with Gasteiger partial charge in [-0.05, 0) is 0 Å². The van der Waals surface area contributed by atoms with E-state index in [4.69, 9.17) is 21.4 Å². The average molecular weight is 169 g/mol. The second-order valence-corrected chi connectivity index (χ2v) is 1.90. The highest BCUT2D eigenvalue weighted by Gasteiger charge is 2.07. The van der Waals surface area contributed by atoms with Gasteiger partial charge in [-0.25, -0.2) is 4.79 Å². The molecule has 0 aliphatic rings. The molecule has 0 saturated carbocycles. The summed E-state index contributed by atoms with van der Waals surface area (Å²) < 4.78 is 8.92. The molecule has 0 rings (SSSR count). The van der Waals surface area contributed by atoms with Crippen molar-refractivity contribution in [3.63, 3.8) is 0 Å². The number of carboxylic acid groups (broad SMARTS) is 1. The first-order valence-electron chi connectivity index (χ1n) is 2.65. The van der Waals surface area contributed by atoms with Crippen LogP contribution in [0.3, 0.4) is 0 Å². The van der Waals surface area contributed by atoms with Gasteiger partial charge in [0.25, 0.3) is 0 Å². The van der Waals surface area contributed by atoms with Gasteiger partial charge in [-0.2, -0.15) is 0 Å². The number of alkyl halides is 1. The zero-order valence-corrected chi connectivity index (χ0v) is 6.30. The van der Waals surface area contributed by atoms with Crippen molar-refractivity contribution >= 4 is 17.8 Å². The summed E-state index contributed by atoms with van der Waals surface area (Å²) in [7, 11) is 1.44. The summed E-state index contributed by atoms with van der Waals surface area (Å²) in [5, 5.41) is 8.03. The van der Waals surface area contributed by atoms with Crippen LogP contribution >= 0.6 is 11.6 Å². The fourth-order valence-electron chi connectivity index (χ4n) is 0.340. The van der Waals surface area contributed by atoms with Crippen LogP contribution in [0.1, 0.15) is 0 Å². The zero-order valence-electron chi connectivity index (χ0n) is 5.54. The molecule has 0 aromatic heterocycles. The predicted octanol–water partition coefficient (Wildman–Crippen LogP) is 0.935. The van der Waals surface area contributed by atoms with Crippen molar-refractivity contribution in [2.24, 2.45) is 0 Å². The number of hydrogen-bond donors (Lipinski definition) is 1. The molecular weight excluding hydrogens is 160 g/mol. The SMILES string of the molecule is COC(CCl)COC(=O)O. The van der Waals surface area contributed by atoms with E-state index in [-0.39, 0.29) is 18.6 Å². The van der Waals surface area contributed by atoms with Crippen molar-refractivity contribution in [2.45, 2.75) is 6.10 Å². The average Bonchev–Trinajstić information content (AvgIpc) is 1.90. The van der Waals surface area contributed by atoms with Crippen LogP contribution in [0, 0.1) is 0 Å². The van der Waals surface area contributed by atoms with Crippen molar-refractivity contribution in [1.82, 2.24) is 0 Å². The van der Waals surface area contributed by atoms with E-state index in [2.05, 4.69) is 4.74 Å². The molecule has 0 saturated heterocycles. The lowest BCUT2D eigenvalue weighted by Gasteiger charge is -2.09. The molecule has 0 radical (unpaired) electrons. The fraction of sp³-hybridized carbons (Fsp3) is 0.800. The van der Waals surface area contributed by atoms with Crippen LogP contribution < -0.4 is 0 Å². The first kappa shape index (κ1) is 9.52. The number of rotatable bonds is 4. The lowest BCUT2D eigenvalue weighted by molar-refractivity contribution is 0.0267. The Morgan fingerprint density at radius 2 is 2.40 bits per heavy atom. The van der Waals surface area contributed by atoms with Crippen molar-refractivity contribution in [3.8, 4) is 0 Å². The van der Waals surface area contributed by atoms with Gasteiger partial charge in [-0.1, -0.05) is 0 Å². The van der Waals surface area contributed by atoms with E-state index in [1.54, 1.807) is 0 Å². The Kier molecular flexibility index (Phi) is 5.06. The molecule has 5 heteroatoms. The summed E-state index contributed by atoms with van der Waals surface area (Å²) in [6.07, 6.45) is -1.66. The lowest BCUT2D eigenvalue weighted by Crippen LogP contribution is -2.21. The highest BCUT2D eigenvalue weighted by Crippen LogP contribution is 1.94. The third-order valence-electron chi connectivity index (χ3n) is 0.898. The highest BCUT2D eigenvalue weighted by atomic mass is 35.5. The minimum absolute atomic E-state index is 0.0185. The molecular formula is C5H9ClO4. The summed E-state index contributed by atoms with van der Waals surface area (Å²) in [6.45, 7) is -0.0185. The Hall–Kier alpha value is -0.480. The molecule has 0 bridgehead atoms. The third kappa shape index (κ3) is 4.40. The molecule has 0 aromatic carbocycles. The molecule has 0 heterocycles. The van der Waals surface area contributed by atoms with Gasteiger partial charge >= 0.3 is 6.16 Å². The Balaban J connectivity index is 3.34. The van der Waals surface area contributed by atoms with Gasteiger partial charge in [0.2, 0.25) is 0 Å². The molecule has 4 nitrogen and oxygen atoms in total. The molecule has 0 spiro atoms. The minimum atomic E-state index is -1.31. The van der Waals surface area contributed by atoms with Crippen LogP contribution in [0.25, 0.3) is 0 Å². The first-order valence-corrected chi connectivity index (χ1v) is 3.18. The molecule has 0 aliphatic carbocycles. The molecule has 0 fully saturated rings. The topological polar surface area (TPSA) is 55.8 Å². The standard InChI is InChI=1S/C5H9ClO4/c1-9-4(2-6)3-10-5(7)8/h4H,2-3H2,1H3,(H,7,8). The maximum Gasteiger partial charge on any atom is 0.505 e. The van der Waals surface area contributed by atoms with E-state index in [9.17, 15) is 4.79 Å². The van der Waals surface area contributed by atoms with E-state index in [1.807, 2.05) is 0 Å². The van der Waals surface area contributed by atoms with E-state index in [0.29, 0.717) is 0 Å². The molecule has 1 unspecified atom stereocenters. The molecule has 0 amide bonds. The highest BCUT2D eigenvalue weighted by molar-refractivity contribution is 6.18. The van der Waals surface area contributed by atoms with Gasteiger partial charge in [0.05, 0.1) is 5.88 Å². The maximum absolute atomic E-state index is 9.81. The molecule has 0 aliphatic heterocycles.